The zero-order valence-electron chi connectivity index (χ0n) is 11.1. The molecule has 1 atom stereocenters. The summed E-state index contributed by atoms with van der Waals surface area (Å²) >= 11 is 1.57. The summed E-state index contributed by atoms with van der Waals surface area (Å²) in [5.74, 6) is 0.164. The molecule has 0 aliphatic heterocycles. The van der Waals surface area contributed by atoms with Crippen LogP contribution in [0.4, 0.5) is 8.78 Å². The van der Waals surface area contributed by atoms with E-state index in [2.05, 4.69) is 22.0 Å². The first kappa shape index (κ1) is 14.9. The van der Waals surface area contributed by atoms with Gasteiger partial charge in [0.05, 0.1) is 6.04 Å². The number of alkyl halides is 2. The van der Waals surface area contributed by atoms with Crippen LogP contribution in [0.2, 0.25) is 0 Å². The number of nitrogens with zero attached hydrogens (tertiary/aromatic N) is 1. The number of benzene rings is 1. The van der Waals surface area contributed by atoms with Crippen molar-refractivity contribution in [1.29, 1.82) is 0 Å². The molecule has 1 unspecified atom stereocenters. The second-order valence-corrected chi connectivity index (χ2v) is 5.13. The van der Waals surface area contributed by atoms with Crippen LogP contribution in [0.15, 0.2) is 35.8 Å². The molecule has 0 spiro atoms. The summed E-state index contributed by atoms with van der Waals surface area (Å²) in [7, 11) is 0. The molecule has 1 heterocycles. The van der Waals surface area contributed by atoms with Crippen molar-refractivity contribution >= 4 is 11.3 Å². The third kappa shape index (κ3) is 3.98. The van der Waals surface area contributed by atoms with Gasteiger partial charge >= 0.3 is 6.61 Å². The van der Waals surface area contributed by atoms with E-state index < -0.39 is 6.61 Å². The highest BCUT2D eigenvalue weighted by Gasteiger charge is 2.16. The lowest BCUT2D eigenvalue weighted by atomic mass is 10.1. The largest absolute Gasteiger partial charge is 0.435 e. The monoisotopic (exact) mass is 298 g/mol. The Balaban J connectivity index is 2.16. The Hall–Kier alpha value is -1.53. The highest BCUT2D eigenvalue weighted by Crippen LogP contribution is 2.26. The SMILES string of the molecule is CCCNC(c1ccc(OC(F)F)cc1)c1nccs1. The van der Waals surface area contributed by atoms with Crippen molar-refractivity contribution in [1.82, 2.24) is 10.3 Å². The Kier molecular flexibility index (Phi) is 5.43. The molecule has 0 saturated heterocycles. The van der Waals surface area contributed by atoms with Gasteiger partial charge in [0.2, 0.25) is 0 Å². The molecule has 108 valence electrons. The van der Waals surface area contributed by atoms with E-state index in [1.54, 1.807) is 41.8 Å². The van der Waals surface area contributed by atoms with Crippen molar-refractivity contribution in [3.05, 3.63) is 46.4 Å². The molecule has 1 N–H and O–H groups in total. The van der Waals surface area contributed by atoms with Gasteiger partial charge in [0.25, 0.3) is 0 Å². The number of thiazole rings is 1. The maximum atomic E-state index is 12.1. The van der Waals surface area contributed by atoms with Crippen molar-refractivity contribution in [3.63, 3.8) is 0 Å². The first-order valence-electron chi connectivity index (χ1n) is 6.38. The fourth-order valence-electron chi connectivity index (χ4n) is 1.86. The van der Waals surface area contributed by atoms with Gasteiger partial charge in [-0.25, -0.2) is 4.98 Å². The molecule has 1 aromatic carbocycles. The lowest BCUT2D eigenvalue weighted by Crippen LogP contribution is -2.23. The van der Waals surface area contributed by atoms with Gasteiger partial charge in [-0.05, 0) is 30.7 Å². The highest BCUT2D eigenvalue weighted by atomic mass is 32.1. The Morgan fingerprint density at radius 3 is 2.60 bits per heavy atom. The Bertz CT molecular complexity index is 502. The van der Waals surface area contributed by atoms with Crippen LogP contribution in [0.25, 0.3) is 0 Å². The van der Waals surface area contributed by atoms with Crippen LogP contribution in [0.5, 0.6) is 5.75 Å². The maximum Gasteiger partial charge on any atom is 0.387 e. The van der Waals surface area contributed by atoms with Gasteiger partial charge in [0.15, 0.2) is 0 Å². The number of halogens is 2. The molecular weight excluding hydrogens is 282 g/mol. The standard InChI is InChI=1S/C14H16F2N2OS/c1-2-7-17-12(13-18-8-9-20-13)10-3-5-11(6-4-10)19-14(15)16/h3-6,8-9,12,14,17H,2,7H2,1H3. The zero-order valence-corrected chi connectivity index (χ0v) is 11.9. The van der Waals surface area contributed by atoms with Gasteiger partial charge in [-0.2, -0.15) is 8.78 Å². The molecule has 2 rings (SSSR count). The van der Waals surface area contributed by atoms with Crippen molar-refractivity contribution in [2.24, 2.45) is 0 Å². The van der Waals surface area contributed by atoms with Crippen LogP contribution < -0.4 is 10.1 Å². The summed E-state index contributed by atoms with van der Waals surface area (Å²) in [6, 6.07) is 6.65. The van der Waals surface area contributed by atoms with Crippen LogP contribution in [-0.4, -0.2) is 18.1 Å². The Labute approximate surface area is 120 Å². The first-order chi connectivity index (χ1) is 9.70. The molecule has 0 aliphatic carbocycles. The molecule has 0 saturated carbocycles. The molecule has 0 fully saturated rings. The van der Waals surface area contributed by atoms with Gasteiger partial charge in [-0.15, -0.1) is 11.3 Å². The van der Waals surface area contributed by atoms with E-state index in [9.17, 15) is 8.78 Å². The molecule has 20 heavy (non-hydrogen) atoms. The van der Waals surface area contributed by atoms with E-state index in [4.69, 9.17) is 0 Å². The number of rotatable bonds is 7. The Morgan fingerprint density at radius 2 is 2.05 bits per heavy atom. The molecule has 6 heteroatoms. The second-order valence-electron chi connectivity index (χ2n) is 4.21. The summed E-state index contributed by atoms with van der Waals surface area (Å²) < 4.78 is 28.6. The summed E-state index contributed by atoms with van der Waals surface area (Å²) in [5.41, 5.74) is 0.981. The molecular formula is C14H16F2N2OS. The number of hydrogen-bond acceptors (Lipinski definition) is 4. The molecule has 0 bridgehead atoms. The second kappa shape index (κ2) is 7.31. The van der Waals surface area contributed by atoms with Gasteiger partial charge in [0, 0.05) is 11.6 Å². The molecule has 0 aliphatic rings. The molecule has 2 aromatic rings. The number of hydrogen-bond donors (Lipinski definition) is 1. The number of nitrogens with one attached hydrogen (secondary N) is 1. The normalized spacial score (nSPS) is 12.6. The van der Waals surface area contributed by atoms with Crippen molar-refractivity contribution < 1.29 is 13.5 Å². The minimum absolute atomic E-state index is 0.0180. The number of ether oxygens (including phenoxy) is 1. The van der Waals surface area contributed by atoms with E-state index in [0.29, 0.717) is 0 Å². The molecule has 0 amide bonds. The maximum absolute atomic E-state index is 12.1. The van der Waals surface area contributed by atoms with Gasteiger partial charge < -0.3 is 10.1 Å². The predicted molar refractivity (Wildman–Crippen MR) is 75.3 cm³/mol. The topological polar surface area (TPSA) is 34.1 Å². The fraction of sp³-hybridized carbons (Fsp3) is 0.357. The smallest absolute Gasteiger partial charge is 0.387 e. The van der Waals surface area contributed by atoms with E-state index >= 15 is 0 Å². The van der Waals surface area contributed by atoms with E-state index in [1.807, 2.05) is 5.38 Å². The molecule has 3 nitrogen and oxygen atoms in total. The van der Waals surface area contributed by atoms with Crippen LogP contribution >= 0.6 is 11.3 Å². The molecule has 1 aromatic heterocycles. The van der Waals surface area contributed by atoms with Crippen molar-refractivity contribution in [2.45, 2.75) is 26.0 Å². The van der Waals surface area contributed by atoms with Crippen LogP contribution in [-0.2, 0) is 0 Å². The fourth-order valence-corrected chi connectivity index (χ4v) is 2.59. The quantitative estimate of drug-likeness (QED) is 0.843. The third-order valence-electron chi connectivity index (χ3n) is 2.74. The third-order valence-corrected chi connectivity index (χ3v) is 3.58. The first-order valence-corrected chi connectivity index (χ1v) is 7.26. The van der Waals surface area contributed by atoms with E-state index in [0.717, 1.165) is 23.5 Å². The van der Waals surface area contributed by atoms with Crippen LogP contribution in [0, 0.1) is 0 Å². The summed E-state index contributed by atoms with van der Waals surface area (Å²) in [6.07, 6.45) is 2.77. The zero-order chi connectivity index (χ0) is 14.4. The van der Waals surface area contributed by atoms with Crippen LogP contribution in [0.1, 0.15) is 30.0 Å². The highest BCUT2D eigenvalue weighted by molar-refractivity contribution is 7.09. The Morgan fingerprint density at radius 1 is 1.30 bits per heavy atom. The summed E-state index contributed by atoms with van der Waals surface area (Å²) in [4.78, 5) is 4.32. The summed E-state index contributed by atoms with van der Waals surface area (Å²) in [6.45, 7) is 0.152. The number of aromatic nitrogens is 1. The summed E-state index contributed by atoms with van der Waals surface area (Å²) in [5, 5.41) is 6.29. The van der Waals surface area contributed by atoms with Gasteiger partial charge in [-0.3, -0.25) is 0 Å². The molecule has 0 radical (unpaired) electrons. The van der Waals surface area contributed by atoms with E-state index in [1.165, 1.54) is 0 Å². The van der Waals surface area contributed by atoms with Crippen molar-refractivity contribution in [2.75, 3.05) is 6.54 Å². The minimum atomic E-state index is -2.80. The average Bonchev–Trinajstić information content (AvgIpc) is 2.94. The predicted octanol–water partition coefficient (Wildman–Crippen LogP) is 3.83. The lowest BCUT2D eigenvalue weighted by Gasteiger charge is -2.17. The van der Waals surface area contributed by atoms with Crippen molar-refractivity contribution in [3.8, 4) is 5.75 Å². The van der Waals surface area contributed by atoms with Gasteiger partial charge in [-0.1, -0.05) is 19.1 Å². The minimum Gasteiger partial charge on any atom is -0.435 e. The van der Waals surface area contributed by atoms with Crippen LogP contribution in [0.3, 0.4) is 0 Å². The van der Waals surface area contributed by atoms with Gasteiger partial charge in [0.1, 0.15) is 10.8 Å². The lowest BCUT2D eigenvalue weighted by molar-refractivity contribution is -0.0498. The average molecular weight is 298 g/mol. The van der Waals surface area contributed by atoms with E-state index in [-0.39, 0.29) is 11.8 Å².